The van der Waals surface area contributed by atoms with Crippen LogP contribution in [0.5, 0.6) is 0 Å². The van der Waals surface area contributed by atoms with Crippen molar-refractivity contribution < 1.29 is 14.6 Å². The molecule has 0 aliphatic carbocycles. The van der Waals surface area contributed by atoms with Crippen LogP contribution in [0, 0.1) is 0 Å². The average Bonchev–Trinajstić information content (AvgIpc) is 2.50. The standard InChI is InChI=1S/C3H4O3.C2H4/c4-3(5)2-1-6-2;1-2/h2H,1H2,(H,4,5);1-2H2. The van der Waals surface area contributed by atoms with Gasteiger partial charge in [0.15, 0.2) is 6.10 Å². The molecule has 1 rings (SSSR count). The maximum absolute atomic E-state index is 9.64. The monoisotopic (exact) mass is 116 g/mol. The summed E-state index contributed by atoms with van der Waals surface area (Å²) in [6.07, 6.45) is -0.481. The highest BCUT2D eigenvalue weighted by atomic mass is 16.6. The van der Waals surface area contributed by atoms with Crippen molar-refractivity contribution in [1.29, 1.82) is 0 Å². The minimum Gasteiger partial charge on any atom is -0.479 e. The van der Waals surface area contributed by atoms with Crippen LogP contribution in [0.25, 0.3) is 0 Å². The lowest BCUT2D eigenvalue weighted by molar-refractivity contribution is -0.138. The van der Waals surface area contributed by atoms with Gasteiger partial charge in [-0.05, 0) is 0 Å². The number of epoxide rings is 1. The quantitative estimate of drug-likeness (QED) is 0.395. The summed E-state index contributed by atoms with van der Waals surface area (Å²) in [5.74, 6) is -0.852. The summed E-state index contributed by atoms with van der Waals surface area (Å²) in [6, 6.07) is 0. The molecule has 0 radical (unpaired) electrons. The third-order valence-corrected chi connectivity index (χ3v) is 0.609. The second-order valence-electron chi connectivity index (χ2n) is 1.16. The predicted octanol–water partition coefficient (Wildman–Crippen LogP) is 0.272. The fourth-order valence-electron chi connectivity index (χ4n) is 0.191. The van der Waals surface area contributed by atoms with Gasteiger partial charge in [0.2, 0.25) is 0 Å². The van der Waals surface area contributed by atoms with E-state index in [2.05, 4.69) is 17.9 Å². The van der Waals surface area contributed by atoms with E-state index < -0.39 is 12.1 Å². The molecule has 1 fully saturated rings. The fraction of sp³-hybridized carbons (Fsp3) is 0.400. The van der Waals surface area contributed by atoms with Gasteiger partial charge >= 0.3 is 5.97 Å². The van der Waals surface area contributed by atoms with Crippen LogP contribution in [-0.2, 0) is 9.53 Å². The van der Waals surface area contributed by atoms with Gasteiger partial charge in [0.25, 0.3) is 0 Å². The van der Waals surface area contributed by atoms with E-state index in [4.69, 9.17) is 5.11 Å². The van der Waals surface area contributed by atoms with Crippen LogP contribution >= 0.6 is 0 Å². The SMILES string of the molecule is C=C.O=C(O)C1CO1. The maximum Gasteiger partial charge on any atom is 0.335 e. The van der Waals surface area contributed by atoms with Gasteiger partial charge in [-0.15, -0.1) is 13.2 Å². The molecule has 46 valence electrons. The van der Waals surface area contributed by atoms with Crippen molar-refractivity contribution >= 4 is 5.97 Å². The lowest BCUT2D eigenvalue weighted by Gasteiger charge is -1.72. The molecular formula is C5H8O3. The zero-order chi connectivity index (χ0) is 6.57. The molecule has 1 saturated heterocycles. The number of carbonyl (C=O) groups is 1. The molecule has 1 unspecified atom stereocenters. The molecule has 0 aromatic carbocycles. The van der Waals surface area contributed by atoms with Crippen LogP contribution in [0.2, 0.25) is 0 Å². The number of aliphatic carboxylic acids is 1. The number of ether oxygens (including phenoxy) is 1. The predicted molar refractivity (Wildman–Crippen MR) is 28.6 cm³/mol. The summed E-state index contributed by atoms with van der Waals surface area (Å²) in [4.78, 5) is 9.64. The smallest absolute Gasteiger partial charge is 0.335 e. The van der Waals surface area contributed by atoms with E-state index in [0.29, 0.717) is 6.61 Å². The number of rotatable bonds is 1. The molecule has 1 atom stereocenters. The average molecular weight is 116 g/mol. The summed E-state index contributed by atoms with van der Waals surface area (Å²) < 4.78 is 4.37. The molecule has 1 heterocycles. The third kappa shape index (κ3) is 2.36. The Balaban J connectivity index is 0.000000222. The second kappa shape index (κ2) is 3.21. The Labute approximate surface area is 47.6 Å². The van der Waals surface area contributed by atoms with Crippen LogP contribution in [-0.4, -0.2) is 23.8 Å². The Morgan fingerprint density at radius 2 is 2.12 bits per heavy atom. The molecule has 0 aromatic rings. The Morgan fingerprint density at radius 3 is 2.12 bits per heavy atom. The van der Waals surface area contributed by atoms with Crippen molar-refractivity contribution in [2.75, 3.05) is 6.61 Å². The molecule has 1 aliphatic rings. The van der Waals surface area contributed by atoms with Crippen molar-refractivity contribution in [3.8, 4) is 0 Å². The van der Waals surface area contributed by atoms with Crippen LogP contribution in [0.15, 0.2) is 13.2 Å². The first-order valence-corrected chi connectivity index (χ1v) is 2.15. The Bertz CT molecular complexity index is 85.7. The van der Waals surface area contributed by atoms with Gasteiger partial charge in [0.1, 0.15) is 0 Å². The van der Waals surface area contributed by atoms with Gasteiger partial charge < -0.3 is 9.84 Å². The van der Waals surface area contributed by atoms with E-state index in [1.807, 2.05) is 0 Å². The van der Waals surface area contributed by atoms with E-state index in [1.165, 1.54) is 0 Å². The molecule has 0 bridgehead atoms. The number of carboxylic acids is 1. The van der Waals surface area contributed by atoms with E-state index in [-0.39, 0.29) is 0 Å². The molecule has 3 heteroatoms. The summed E-state index contributed by atoms with van der Waals surface area (Å²) >= 11 is 0. The van der Waals surface area contributed by atoms with Crippen LogP contribution in [0.1, 0.15) is 0 Å². The molecular weight excluding hydrogens is 108 g/mol. The molecule has 0 aromatic heterocycles. The topological polar surface area (TPSA) is 49.8 Å². The summed E-state index contributed by atoms with van der Waals surface area (Å²) in [6.45, 7) is 6.40. The highest BCUT2D eigenvalue weighted by molar-refractivity contribution is 5.74. The van der Waals surface area contributed by atoms with Gasteiger partial charge in [-0.2, -0.15) is 0 Å². The zero-order valence-electron chi connectivity index (χ0n) is 4.46. The second-order valence-corrected chi connectivity index (χ2v) is 1.16. The molecule has 0 saturated carbocycles. The van der Waals surface area contributed by atoms with Gasteiger partial charge in [-0.1, -0.05) is 0 Å². The summed E-state index contributed by atoms with van der Waals surface area (Å²) in [5, 5.41) is 7.93. The lowest BCUT2D eigenvalue weighted by Crippen LogP contribution is -2.02. The molecule has 8 heavy (non-hydrogen) atoms. The molecule has 3 nitrogen and oxygen atoms in total. The van der Waals surface area contributed by atoms with Crippen molar-refractivity contribution in [2.45, 2.75) is 6.10 Å². The van der Waals surface area contributed by atoms with E-state index in [1.54, 1.807) is 0 Å². The number of hydrogen-bond acceptors (Lipinski definition) is 2. The van der Waals surface area contributed by atoms with Crippen LogP contribution in [0.4, 0.5) is 0 Å². The molecule has 1 N–H and O–H groups in total. The highest BCUT2D eigenvalue weighted by Gasteiger charge is 2.30. The summed E-state index contributed by atoms with van der Waals surface area (Å²) in [7, 11) is 0. The van der Waals surface area contributed by atoms with Crippen molar-refractivity contribution in [3.63, 3.8) is 0 Å². The molecule has 0 amide bonds. The fourth-order valence-corrected chi connectivity index (χ4v) is 0.191. The largest absolute Gasteiger partial charge is 0.479 e. The Kier molecular flexibility index (Phi) is 2.88. The van der Waals surface area contributed by atoms with E-state index in [0.717, 1.165) is 0 Å². The summed E-state index contributed by atoms with van der Waals surface area (Å²) in [5.41, 5.74) is 0. The normalized spacial score (nSPS) is 22.8. The lowest BCUT2D eigenvalue weighted by atomic mass is 10.5. The Morgan fingerprint density at radius 1 is 1.75 bits per heavy atom. The van der Waals surface area contributed by atoms with Crippen molar-refractivity contribution in [2.24, 2.45) is 0 Å². The first-order valence-electron chi connectivity index (χ1n) is 2.15. The number of hydrogen-bond donors (Lipinski definition) is 1. The third-order valence-electron chi connectivity index (χ3n) is 0.609. The van der Waals surface area contributed by atoms with Gasteiger partial charge in [-0.25, -0.2) is 4.79 Å². The first kappa shape index (κ1) is 7.17. The van der Waals surface area contributed by atoms with E-state index in [9.17, 15) is 4.79 Å². The van der Waals surface area contributed by atoms with Gasteiger partial charge in [0.05, 0.1) is 6.61 Å². The molecule has 1 aliphatic heterocycles. The van der Waals surface area contributed by atoms with Crippen LogP contribution in [0.3, 0.4) is 0 Å². The van der Waals surface area contributed by atoms with Crippen molar-refractivity contribution in [3.05, 3.63) is 13.2 Å². The first-order chi connectivity index (χ1) is 3.80. The highest BCUT2D eigenvalue weighted by Crippen LogP contribution is 2.06. The van der Waals surface area contributed by atoms with Crippen molar-refractivity contribution in [1.82, 2.24) is 0 Å². The zero-order valence-corrected chi connectivity index (χ0v) is 4.46. The minimum atomic E-state index is -0.852. The van der Waals surface area contributed by atoms with Gasteiger partial charge in [-0.3, -0.25) is 0 Å². The maximum atomic E-state index is 9.64. The molecule has 0 spiro atoms. The van der Waals surface area contributed by atoms with Gasteiger partial charge in [0, 0.05) is 0 Å². The number of carboxylic acid groups (broad SMARTS) is 1. The van der Waals surface area contributed by atoms with E-state index >= 15 is 0 Å². The minimum absolute atomic E-state index is 0.398. The Hall–Kier alpha value is -0.830. The van der Waals surface area contributed by atoms with Crippen LogP contribution < -0.4 is 0 Å².